The Morgan fingerprint density at radius 2 is 1.61 bits per heavy atom. The Hall–Kier alpha value is -3.21. The first-order valence-electron chi connectivity index (χ1n) is 12.2. The maximum absolute atomic E-state index is 13.2. The fraction of sp³-hybridized carbons (Fsp3) is 0.640. The van der Waals surface area contributed by atoms with E-state index < -0.39 is 23.4 Å². The van der Waals surface area contributed by atoms with Crippen LogP contribution in [0.1, 0.15) is 67.1 Å². The number of carbonyl (C=O) groups is 2. The van der Waals surface area contributed by atoms with Crippen LogP contribution >= 0.6 is 0 Å². The van der Waals surface area contributed by atoms with Gasteiger partial charge in [0.2, 0.25) is 0 Å². The van der Waals surface area contributed by atoms with Crippen molar-refractivity contribution < 1.29 is 24.2 Å². The summed E-state index contributed by atoms with van der Waals surface area (Å²) in [5.74, 6) is 0.305. The average Bonchev–Trinajstić information content (AvgIpc) is 3.20. The summed E-state index contributed by atoms with van der Waals surface area (Å²) < 4.78 is 12.9. The van der Waals surface area contributed by atoms with Gasteiger partial charge in [0.1, 0.15) is 22.6 Å². The zero-order chi connectivity index (χ0) is 26.8. The number of aliphatic hydroxyl groups is 1. The van der Waals surface area contributed by atoms with Crippen LogP contribution in [0.4, 0.5) is 21.0 Å². The molecule has 2 amide bonds. The molecule has 0 radical (unpaired) electrons. The van der Waals surface area contributed by atoms with E-state index in [0.29, 0.717) is 30.2 Å². The van der Waals surface area contributed by atoms with E-state index >= 15 is 0 Å². The third kappa shape index (κ3) is 6.51. The van der Waals surface area contributed by atoms with Gasteiger partial charge in [-0.05, 0) is 59.4 Å². The number of anilines is 2. The molecule has 1 fully saturated rings. The molecule has 0 aromatic carbocycles. The highest BCUT2D eigenvalue weighted by atomic mass is 16.6. The van der Waals surface area contributed by atoms with Gasteiger partial charge in [-0.2, -0.15) is 4.90 Å². The van der Waals surface area contributed by atoms with Crippen LogP contribution in [0.2, 0.25) is 0 Å². The number of nitrogens with zero attached hydrogens (tertiary/aromatic N) is 6. The SMILES string of the molecule is C[C@@H]1CN(c2ccncc2N(C(=O)OC(C)(C)C)C(=O)OC(C)(C)C)C[C@H](C)C1n1cc(CO)nn1. The topological polar surface area (TPSA) is 123 Å². The third-order valence-electron chi connectivity index (χ3n) is 5.72. The van der Waals surface area contributed by atoms with Gasteiger partial charge in [0.25, 0.3) is 0 Å². The predicted molar refractivity (Wildman–Crippen MR) is 135 cm³/mol. The third-order valence-corrected chi connectivity index (χ3v) is 5.72. The van der Waals surface area contributed by atoms with Crippen molar-refractivity contribution in [2.75, 3.05) is 22.9 Å². The average molecular weight is 503 g/mol. The summed E-state index contributed by atoms with van der Waals surface area (Å²) in [7, 11) is 0. The zero-order valence-corrected chi connectivity index (χ0v) is 22.4. The molecule has 0 saturated carbocycles. The fourth-order valence-corrected chi connectivity index (χ4v) is 4.50. The largest absolute Gasteiger partial charge is 0.443 e. The summed E-state index contributed by atoms with van der Waals surface area (Å²) in [6, 6.07) is 1.86. The van der Waals surface area contributed by atoms with E-state index in [4.69, 9.17) is 9.47 Å². The van der Waals surface area contributed by atoms with E-state index in [1.165, 1.54) is 6.20 Å². The van der Waals surface area contributed by atoms with E-state index in [2.05, 4.69) is 34.0 Å². The number of hydrogen-bond acceptors (Lipinski definition) is 9. The minimum Gasteiger partial charge on any atom is -0.443 e. The van der Waals surface area contributed by atoms with Crippen LogP contribution in [0.25, 0.3) is 0 Å². The van der Waals surface area contributed by atoms with Crippen LogP contribution in [-0.2, 0) is 16.1 Å². The summed E-state index contributed by atoms with van der Waals surface area (Å²) in [5.41, 5.74) is -0.132. The second-order valence-corrected chi connectivity index (χ2v) is 11.4. The molecule has 1 N–H and O–H groups in total. The lowest BCUT2D eigenvalue weighted by Gasteiger charge is -2.43. The molecular weight excluding hydrogens is 464 g/mol. The summed E-state index contributed by atoms with van der Waals surface area (Å²) in [5, 5.41) is 17.6. The standard InChI is InChI=1S/C25H38N6O5/c1-16-12-29(13-17(2)21(16)30-14-18(15-32)27-28-30)19-9-10-26-11-20(19)31(22(33)35-24(3,4)5)23(34)36-25(6,7)8/h9-11,14,16-17,21,32H,12-13,15H2,1-8H3/t16-,17+,21?. The van der Waals surface area contributed by atoms with Crippen LogP contribution in [0.3, 0.4) is 0 Å². The minimum absolute atomic E-state index is 0.0761. The molecule has 3 atom stereocenters. The molecule has 198 valence electrons. The Morgan fingerprint density at radius 3 is 2.08 bits per heavy atom. The lowest BCUT2D eigenvalue weighted by Crippen LogP contribution is -2.47. The van der Waals surface area contributed by atoms with E-state index in [1.54, 1.807) is 60.0 Å². The monoisotopic (exact) mass is 502 g/mol. The zero-order valence-electron chi connectivity index (χ0n) is 22.4. The van der Waals surface area contributed by atoms with Gasteiger partial charge >= 0.3 is 12.2 Å². The van der Waals surface area contributed by atoms with Gasteiger partial charge < -0.3 is 19.5 Å². The Morgan fingerprint density at radius 1 is 1.06 bits per heavy atom. The van der Waals surface area contributed by atoms with Gasteiger partial charge in [-0.1, -0.05) is 19.1 Å². The van der Waals surface area contributed by atoms with Crippen LogP contribution < -0.4 is 9.80 Å². The minimum atomic E-state index is -0.832. The lowest BCUT2D eigenvalue weighted by atomic mass is 9.85. The number of carbonyl (C=O) groups excluding carboxylic acids is 2. The smallest absolute Gasteiger partial charge is 0.424 e. The van der Waals surface area contributed by atoms with Crippen molar-refractivity contribution in [1.82, 2.24) is 20.0 Å². The molecule has 0 aliphatic carbocycles. The van der Waals surface area contributed by atoms with Crippen molar-refractivity contribution >= 4 is 23.6 Å². The number of imide groups is 1. The molecule has 0 spiro atoms. The van der Waals surface area contributed by atoms with Crippen LogP contribution in [0.15, 0.2) is 24.7 Å². The normalized spacial score (nSPS) is 20.7. The Labute approximate surface area is 212 Å². The lowest BCUT2D eigenvalue weighted by molar-refractivity contribution is 0.0430. The van der Waals surface area contributed by atoms with Crippen molar-refractivity contribution in [3.63, 3.8) is 0 Å². The molecule has 36 heavy (non-hydrogen) atoms. The molecule has 0 bridgehead atoms. The van der Waals surface area contributed by atoms with Crippen molar-refractivity contribution in [3.8, 4) is 0 Å². The number of aliphatic hydroxyl groups excluding tert-OH is 1. The number of hydrogen-bond donors (Lipinski definition) is 1. The summed E-state index contributed by atoms with van der Waals surface area (Å²) in [6.45, 7) is 15.8. The molecule has 2 aromatic rings. The Bertz CT molecular complexity index is 1030. The van der Waals surface area contributed by atoms with E-state index in [1.807, 2.05) is 4.68 Å². The first kappa shape index (κ1) is 27.4. The molecule has 11 nitrogen and oxygen atoms in total. The fourth-order valence-electron chi connectivity index (χ4n) is 4.50. The van der Waals surface area contributed by atoms with Crippen LogP contribution in [0.5, 0.6) is 0 Å². The molecule has 3 heterocycles. The first-order valence-corrected chi connectivity index (χ1v) is 12.2. The molecular formula is C25H38N6O5. The molecule has 1 unspecified atom stereocenters. The number of aromatic nitrogens is 4. The number of rotatable bonds is 4. The number of amides is 2. The molecule has 2 aromatic heterocycles. The highest BCUT2D eigenvalue weighted by Crippen LogP contribution is 2.38. The van der Waals surface area contributed by atoms with Gasteiger partial charge in [0.15, 0.2) is 0 Å². The maximum atomic E-state index is 13.2. The highest BCUT2D eigenvalue weighted by molar-refractivity contribution is 6.11. The molecule has 1 saturated heterocycles. The van der Waals surface area contributed by atoms with Gasteiger partial charge in [0.05, 0.1) is 30.7 Å². The quantitative estimate of drug-likeness (QED) is 0.656. The van der Waals surface area contributed by atoms with Crippen molar-refractivity contribution in [2.45, 2.75) is 79.2 Å². The van der Waals surface area contributed by atoms with Crippen LogP contribution in [-0.4, -0.2) is 61.6 Å². The second kappa shape index (κ2) is 10.4. The van der Waals surface area contributed by atoms with E-state index in [9.17, 15) is 14.7 Å². The van der Waals surface area contributed by atoms with Crippen molar-refractivity contribution in [2.24, 2.45) is 11.8 Å². The van der Waals surface area contributed by atoms with Gasteiger partial charge in [-0.25, -0.2) is 14.3 Å². The molecule has 11 heteroatoms. The number of pyridine rings is 1. The molecule has 1 aliphatic heterocycles. The van der Waals surface area contributed by atoms with E-state index in [-0.39, 0.29) is 24.5 Å². The number of ether oxygens (including phenoxy) is 2. The van der Waals surface area contributed by atoms with Gasteiger partial charge in [0, 0.05) is 19.3 Å². The Balaban J connectivity index is 1.95. The summed E-state index contributed by atoms with van der Waals surface area (Å²) in [6.07, 6.45) is 3.23. The van der Waals surface area contributed by atoms with Gasteiger partial charge in [-0.15, -0.1) is 5.10 Å². The summed E-state index contributed by atoms with van der Waals surface area (Å²) >= 11 is 0. The predicted octanol–water partition coefficient (Wildman–Crippen LogP) is 4.18. The van der Waals surface area contributed by atoms with Crippen molar-refractivity contribution in [1.29, 1.82) is 0 Å². The maximum Gasteiger partial charge on any atom is 0.424 e. The Kier molecular flexibility index (Phi) is 7.92. The first-order chi connectivity index (χ1) is 16.7. The number of piperidine rings is 1. The molecule has 3 rings (SSSR count). The van der Waals surface area contributed by atoms with Gasteiger partial charge in [-0.3, -0.25) is 4.98 Å². The van der Waals surface area contributed by atoms with Crippen LogP contribution in [0, 0.1) is 11.8 Å². The second-order valence-electron chi connectivity index (χ2n) is 11.4. The summed E-state index contributed by atoms with van der Waals surface area (Å²) in [4.78, 5) is 33.7. The van der Waals surface area contributed by atoms with Crippen molar-refractivity contribution in [3.05, 3.63) is 30.4 Å². The highest BCUT2D eigenvalue weighted by Gasteiger charge is 2.38. The molecule has 1 aliphatic rings. The van der Waals surface area contributed by atoms with E-state index in [0.717, 1.165) is 4.90 Å².